The van der Waals surface area contributed by atoms with E-state index in [1.807, 2.05) is 29.2 Å². The van der Waals surface area contributed by atoms with Gasteiger partial charge in [0.2, 0.25) is 11.8 Å². The molecule has 4 saturated carbocycles. The van der Waals surface area contributed by atoms with Gasteiger partial charge in [0.15, 0.2) is 0 Å². The van der Waals surface area contributed by atoms with Gasteiger partial charge in [-0.2, -0.15) is 0 Å². The zero-order valence-corrected chi connectivity index (χ0v) is 19.4. The topological polar surface area (TPSA) is 49.4 Å². The highest BCUT2D eigenvalue weighted by Crippen LogP contribution is 2.65. The van der Waals surface area contributed by atoms with Crippen LogP contribution in [0, 0.1) is 17.3 Å². The van der Waals surface area contributed by atoms with Crippen LogP contribution in [-0.2, 0) is 16.0 Å². The Morgan fingerprint density at radius 3 is 2.33 bits per heavy atom. The molecule has 2 amide bonds. The van der Waals surface area contributed by atoms with E-state index in [9.17, 15) is 9.59 Å². The van der Waals surface area contributed by atoms with Gasteiger partial charge < -0.3 is 10.2 Å². The molecule has 4 aliphatic carbocycles. The average molecular weight is 473 g/mol. The standard InChI is InChI=1S/C25H33BrN2O2/c26-25-14-19-11-20(15-25)13-24(12-19,17-25)16-22(29)27-21-6-3-18(4-7-21)5-8-23(30)28-9-1-2-10-28/h3-4,6-7,19-20H,1-2,5,8-17H2,(H,27,29). The third-order valence-corrected chi connectivity index (χ3v) is 8.90. The van der Waals surface area contributed by atoms with E-state index in [0.717, 1.165) is 61.9 Å². The van der Waals surface area contributed by atoms with Crippen LogP contribution in [0.15, 0.2) is 24.3 Å². The molecule has 5 heteroatoms. The molecule has 1 saturated heterocycles. The van der Waals surface area contributed by atoms with Crippen LogP contribution in [0.4, 0.5) is 5.69 Å². The van der Waals surface area contributed by atoms with E-state index in [1.54, 1.807) is 0 Å². The van der Waals surface area contributed by atoms with Crippen LogP contribution in [0.5, 0.6) is 0 Å². The first-order chi connectivity index (χ1) is 14.4. The molecule has 1 heterocycles. The molecule has 2 atom stereocenters. The Morgan fingerprint density at radius 1 is 1.03 bits per heavy atom. The molecule has 1 aliphatic heterocycles. The summed E-state index contributed by atoms with van der Waals surface area (Å²) in [4.78, 5) is 27.1. The molecule has 2 unspecified atom stereocenters. The van der Waals surface area contributed by atoms with Crippen molar-refractivity contribution in [3.8, 4) is 0 Å². The molecule has 30 heavy (non-hydrogen) atoms. The highest BCUT2D eigenvalue weighted by atomic mass is 79.9. The van der Waals surface area contributed by atoms with E-state index in [2.05, 4.69) is 21.2 Å². The van der Waals surface area contributed by atoms with Gasteiger partial charge in [0.25, 0.3) is 0 Å². The predicted octanol–water partition coefficient (Wildman–Crippen LogP) is 5.30. The monoisotopic (exact) mass is 472 g/mol. The minimum absolute atomic E-state index is 0.157. The molecule has 1 N–H and O–H groups in total. The minimum atomic E-state index is 0.157. The van der Waals surface area contributed by atoms with Gasteiger partial charge in [-0.3, -0.25) is 9.59 Å². The molecular formula is C25H33BrN2O2. The van der Waals surface area contributed by atoms with Crippen molar-refractivity contribution in [3.63, 3.8) is 0 Å². The summed E-state index contributed by atoms with van der Waals surface area (Å²) in [5.74, 6) is 2.04. The van der Waals surface area contributed by atoms with Crippen molar-refractivity contribution in [3.05, 3.63) is 29.8 Å². The van der Waals surface area contributed by atoms with Crippen LogP contribution < -0.4 is 5.32 Å². The van der Waals surface area contributed by atoms with E-state index in [0.29, 0.717) is 17.2 Å². The van der Waals surface area contributed by atoms with Crippen LogP contribution >= 0.6 is 15.9 Å². The third kappa shape index (κ3) is 4.32. The molecule has 1 aromatic rings. The van der Waals surface area contributed by atoms with Gasteiger partial charge in [0, 0.05) is 35.9 Å². The normalized spacial score (nSPS) is 34.4. The average Bonchev–Trinajstić information content (AvgIpc) is 3.19. The van der Waals surface area contributed by atoms with E-state index >= 15 is 0 Å². The number of aryl methyl sites for hydroxylation is 1. The van der Waals surface area contributed by atoms with Gasteiger partial charge in [0.1, 0.15) is 0 Å². The van der Waals surface area contributed by atoms with Crippen molar-refractivity contribution in [1.29, 1.82) is 0 Å². The number of hydrogen-bond donors (Lipinski definition) is 1. The molecule has 6 rings (SSSR count). The van der Waals surface area contributed by atoms with Crippen molar-refractivity contribution < 1.29 is 9.59 Å². The number of nitrogens with zero attached hydrogens (tertiary/aromatic N) is 1. The van der Waals surface area contributed by atoms with Crippen molar-refractivity contribution in [2.24, 2.45) is 17.3 Å². The maximum Gasteiger partial charge on any atom is 0.224 e. The minimum Gasteiger partial charge on any atom is -0.343 e. The molecule has 0 spiro atoms. The van der Waals surface area contributed by atoms with Crippen molar-refractivity contribution >= 4 is 33.4 Å². The summed E-state index contributed by atoms with van der Waals surface area (Å²) in [6.45, 7) is 1.84. The van der Waals surface area contributed by atoms with E-state index in [-0.39, 0.29) is 17.2 Å². The van der Waals surface area contributed by atoms with Gasteiger partial charge in [-0.15, -0.1) is 0 Å². The van der Waals surface area contributed by atoms with Crippen molar-refractivity contribution in [2.45, 2.75) is 75.0 Å². The molecule has 0 radical (unpaired) electrons. The summed E-state index contributed by atoms with van der Waals surface area (Å²) in [6.07, 6.45) is 11.9. The van der Waals surface area contributed by atoms with Crippen LogP contribution in [0.25, 0.3) is 0 Å². The Labute approximate surface area is 188 Å². The predicted molar refractivity (Wildman–Crippen MR) is 123 cm³/mol. The smallest absolute Gasteiger partial charge is 0.224 e. The second kappa shape index (κ2) is 7.96. The van der Waals surface area contributed by atoms with Gasteiger partial charge in [0.05, 0.1) is 0 Å². The number of likely N-dealkylation sites (tertiary alicyclic amines) is 1. The fourth-order valence-corrected chi connectivity index (χ4v) is 8.73. The maximum absolute atomic E-state index is 12.9. The highest BCUT2D eigenvalue weighted by Gasteiger charge is 2.57. The van der Waals surface area contributed by atoms with Crippen LogP contribution in [-0.4, -0.2) is 34.1 Å². The first kappa shape index (κ1) is 20.5. The highest BCUT2D eigenvalue weighted by molar-refractivity contribution is 9.10. The molecule has 5 fully saturated rings. The first-order valence-electron chi connectivity index (χ1n) is 11.8. The fraction of sp³-hybridized carbons (Fsp3) is 0.680. The first-order valence-corrected chi connectivity index (χ1v) is 12.6. The fourth-order valence-electron chi connectivity index (χ4n) is 7.22. The lowest BCUT2D eigenvalue weighted by atomic mass is 9.48. The maximum atomic E-state index is 12.9. The Bertz CT molecular complexity index is 801. The van der Waals surface area contributed by atoms with Crippen molar-refractivity contribution in [2.75, 3.05) is 18.4 Å². The lowest BCUT2D eigenvalue weighted by Gasteiger charge is -2.60. The quantitative estimate of drug-likeness (QED) is 0.570. The summed E-state index contributed by atoms with van der Waals surface area (Å²) in [6, 6.07) is 8.06. The lowest BCUT2D eigenvalue weighted by Crippen LogP contribution is -2.53. The summed E-state index contributed by atoms with van der Waals surface area (Å²) >= 11 is 4.04. The van der Waals surface area contributed by atoms with Crippen LogP contribution in [0.1, 0.15) is 69.8 Å². The number of amides is 2. The molecule has 1 aromatic carbocycles. The number of carbonyl (C=O) groups is 2. The van der Waals surface area contributed by atoms with Gasteiger partial charge in [-0.05, 0) is 92.7 Å². The summed E-state index contributed by atoms with van der Waals surface area (Å²) in [5, 5.41) is 3.14. The number of hydrogen-bond acceptors (Lipinski definition) is 2. The number of benzene rings is 1. The number of anilines is 1. The Balaban J connectivity index is 1.14. The number of nitrogens with one attached hydrogen (secondary N) is 1. The zero-order valence-electron chi connectivity index (χ0n) is 17.8. The summed E-state index contributed by atoms with van der Waals surface area (Å²) < 4.78 is 0.297. The van der Waals surface area contributed by atoms with Gasteiger partial charge in [-0.25, -0.2) is 0 Å². The summed E-state index contributed by atoms with van der Waals surface area (Å²) in [5.41, 5.74) is 2.23. The Hall–Kier alpha value is -1.36. The molecule has 5 aliphatic rings. The van der Waals surface area contributed by atoms with Crippen molar-refractivity contribution in [1.82, 2.24) is 4.90 Å². The van der Waals surface area contributed by atoms with E-state index in [1.165, 1.54) is 32.1 Å². The molecular weight excluding hydrogens is 440 g/mol. The van der Waals surface area contributed by atoms with Gasteiger partial charge in [-0.1, -0.05) is 28.1 Å². The zero-order chi connectivity index (χ0) is 20.8. The largest absolute Gasteiger partial charge is 0.343 e. The number of carbonyl (C=O) groups excluding carboxylic acids is 2. The lowest BCUT2D eigenvalue weighted by molar-refractivity contribution is -0.130. The van der Waals surface area contributed by atoms with E-state index < -0.39 is 0 Å². The third-order valence-electron chi connectivity index (χ3n) is 7.97. The Kier molecular flexibility index (Phi) is 5.45. The second-order valence-electron chi connectivity index (χ2n) is 10.6. The molecule has 4 nitrogen and oxygen atoms in total. The number of rotatable bonds is 6. The molecule has 162 valence electrons. The molecule has 0 aromatic heterocycles. The second-order valence-corrected chi connectivity index (χ2v) is 12.3. The van der Waals surface area contributed by atoms with Crippen LogP contribution in [0.2, 0.25) is 0 Å². The number of alkyl halides is 1. The number of halogens is 1. The van der Waals surface area contributed by atoms with Gasteiger partial charge >= 0.3 is 0 Å². The molecule has 4 bridgehead atoms. The summed E-state index contributed by atoms with van der Waals surface area (Å²) in [7, 11) is 0. The van der Waals surface area contributed by atoms with Crippen LogP contribution in [0.3, 0.4) is 0 Å². The SMILES string of the molecule is O=C(CC12CC3CC(CC(Br)(C3)C1)C2)Nc1ccc(CCC(=O)N2CCCC2)cc1. The van der Waals surface area contributed by atoms with E-state index in [4.69, 9.17) is 0 Å². The Morgan fingerprint density at radius 2 is 1.70 bits per heavy atom.